The van der Waals surface area contributed by atoms with Crippen molar-refractivity contribution in [3.8, 4) is 0 Å². The van der Waals surface area contributed by atoms with Crippen molar-refractivity contribution in [3.05, 3.63) is 18.2 Å². The second kappa shape index (κ2) is 8.63. The number of aromatic nitrogens is 2. The van der Waals surface area contributed by atoms with Crippen LogP contribution < -0.4 is 5.32 Å². The van der Waals surface area contributed by atoms with Gasteiger partial charge in [-0.3, -0.25) is 4.79 Å². The Morgan fingerprint density at radius 2 is 2.07 bits per heavy atom. The molecule has 0 unspecified atom stereocenters. The topological polar surface area (TPSA) is 93.5 Å². The monoisotopic (exact) mass is 438 g/mol. The number of amides is 1. The van der Waals surface area contributed by atoms with E-state index in [0.717, 1.165) is 36.5 Å². The van der Waals surface area contributed by atoms with Gasteiger partial charge in [-0.1, -0.05) is 18.2 Å². The summed E-state index contributed by atoms with van der Waals surface area (Å²) in [5.41, 5.74) is 1.52. The van der Waals surface area contributed by atoms with Gasteiger partial charge in [0.25, 0.3) is 0 Å². The van der Waals surface area contributed by atoms with Crippen LogP contribution in [0.2, 0.25) is 0 Å². The second-order valence-electron chi connectivity index (χ2n) is 7.20. The minimum Gasteiger partial charge on any atom is -0.379 e. The number of nitrogens with one attached hydrogen (secondary N) is 1. The third-order valence-corrected chi connectivity index (χ3v) is 8.49. The molecule has 4 rings (SSSR count). The first-order valence-electron chi connectivity index (χ1n) is 10.0. The van der Waals surface area contributed by atoms with E-state index in [2.05, 4.69) is 5.32 Å². The van der Waals surface area contributed by atoms with Gasteiger partial charge in [0.15, 0.2) is 5.16 Å². The molecule has 2 aromatic rings. The third kappa shape index (κ3) is 4.16. The number of nitrogens with zero attached hydrogens (tertiary/aromatic N) is 3. The highest BCUT2D eigenvalue weighted by molar-refractivity contribution is 8.00. The highest BCUT2D eigenvalue weighted by atomic mass is 32.2. The quantitative estimate of drug-likeness (QED) is 0.766. The summed E-state index contributed by atoms with van der Waals surface area (Å²) in [6.07, 6.45) is 2.82. The summed E-state index contributed by atoms with van der Waals surface area (Å²) in [5, 5.41) is 3.54. The number of hydrogen-bond acceptors (Lipinski definition) is 6. The highest BCUT2D eigenvalue weighted by Crippen LogP contribution is 2.32. The van der Waals surface area contributed by atoms with Crippen LogP contribution in [0.5, 0.6) is 0 Å². The van der Waals surface area contributed by atoms with Crippen LogP contribution >= 0.6 is 11.8 Å². The van der Waals surface area contributed by atoms with Crippen molar-refractivity contribution in [2.75, 3.05) is 32.8 Å². The maximum Gasteiger partial charge on any atom is 0.243 e. The van der Waals surface area contributed by atoms with Gasteiger partial charge in [0.2, 0.25) is 15.9 Å². The Hall–Kier alpha value is -1.62. The molecule has 2 aliphatic rings. The number of sulfonamides is 1. The first-order chi connectivity index (χ1) is 14.0. The minimum absolute atomic E-state index is 0.0535. The van der Waals surface area contributed by atoms with Gasteiger partial charge in [-0.15, -0.1) is 0 Å². The van der Waals surface area contributed by atoms with Crippen molar-refractivity contribution < 1.29 is 17.9 Å². The predicted molar refractivity (Wildman–Crippen MR) is 111 cm³/mol. The van der Waals surface area contributed by atoms with Gasteiger partial charge in [-0.2, -0.15) is 4.31 Å². The van der Waals surface area contributed by atoms with Crippen molar-refractivity contribution in [2.24, 2.45) is 0 Å². The Balaban J connectivity index is 1.66. The van der Waals surface area contributed by atoms with E-state index in [4.69, 9.17) is 9.72 Å². The summed E-state index contributed by atoms with van der Waals surface area (Å²) < 4.78 is 34.7. The molecule has 0 saturated carbocycles. The van der Waals surface area contributed by atoms with Crippen molar-refractivity contribution in [2.45, 2.75) is 48.0 Å². The van der Waals surface area contributed by atoms with E-state index in [1.54, 1.807) is 12.1 Å². The van der Waals surface area contributed by atoms with Crippen LogP contribution in [0.4, 0.5) is 0 Å². The van der Waals surface area contributed by atoms with Gasteiger partial charge in [-0.25, -0.2) is 13.4 Å². The zero-order valence-corrected chi connectivity index (χ0v) is 18.1. The molecule has 0 aliphatic carbocycles. The summed E-state index contributed by atoms with van der Waals surface area (Å²) >= 11 is 1.47. The van der Waals surface area contributed by atoms with E-state index >= 15 is 0 Å². The average molecular weight is 439 g/mol. The molecular weight excluding hydrogens is 412 g/mol. The SMILES string of the molecule is CCn1c(S[C@@H]2CCCCNC2=O)nc2cc(S(=O)(=O)N3CCOCC3)ccc21. The molecule has 0 bridgehead atoms. The summed E-state index contributed by atoms with van der Waals surface area (Å²) in [6, 6.07) is 5.10. The van der Waals surface area contributed by atoms with E-state index in [1.807, 2.05) is 17.6 Å². The Morgan fingerprint density at radius 3 is 2.83 bits per heavy atom. The van der Waals surface area contributed by atoms with Gasteiger partial charge in [0.05, 0.1) is 34.4 Å². The zero-order valence-electron chi connectivity index (χ0n) is 16.5. The number of morpholine rings is 1. The van der Waals surface area contributed by atoms with Crippen LogP contribution in [0.1, 0.15) is 26.2 Å². The summed E-state index contributed by atoms with van der Waals surface area (Å²) in [5.74, 6) is 0.0535. The molecule has 10 heteroatoms. The molecule has 2 aliphatic heterocycles. The lowest BCUT2D eigenvalue weighted by Gasteiger charge is -2.26. The number of benzene rings is 1. The van der Waals surface area contributed by atoms with Crippen molar-refractivity contribution in [3.63, 3.8) is 0 Å². The number of rotatable bonds is 5. The van der Waals surface area contributed by atoms with Gasteiger partial charge in [0.1, 0.15) is 0 Å². The lowest BCUT2D eigenvalue weighted by atomic mass is 10.2. The van der Waals surface area contributed by atoms with Gasteiger partial charge in [-0.05, 0) is 38.0 Å². The molecule has 8 nitrogen and oxygen atoms in total. The molecular formula is C19H26N4O4S2. The molecule has 2 fully saturated rings. The molecule has 1 amide bonds. The van der Waals surface area contributed by atoms with Gasteiger partial charge >= 0.3 is 0 Å². The van der Waals surface area contributed by atoms with Crippen LogP contribution in [-0.2, 0) is 26.1 Å². The van der Waals surface area contributed by atoms with E-state index in [1.165, 1.54) is 16.1 Å². The number of imidazole rings is 1. The largest absolute Gasteiger partial charge is 0.379 e. The Bertz CT molecular complexity index is 999. The number of carbonyl (C=O) groups is 1. The van der Waals surface area contributed by atoms with E-state index in [0.29, 0.717) is 38.4 Å². The molecule has 29 heavy (non-hydrogen) atoms. The lowest BCUT2D eigenvalue weighted by molar-refractivity contribution is -0.120. The smallest absolute Gasteiger partial charge is 0.243 e. The predicted octanol–water partition coefficient (Wildman–Crippen LogP) is 1.84. The number of carbonyl (C=O) groups excluding carboxylic acids is 1. The Labute approximate surface area is 175 Å². The maximum atomic E-state index is 13.0. The fraction of sp³-hybridized carbons (Fsp3) is 0.579. The molecule has 3 heterocycles. The van der Waals surface area contributed by atoms with E-state index in [9.17, 15) is 13.2 Å². The first kappa shape index (κ1) is 20.6. The summed E-state index contributed by atoms with van der Waals surface area (Å²) in [4.78, 5) is 17.3. The standard InChI is InChI=1S/C19H26N4O4S2/c1-2-23-16-7-6-14(29(25,26)22-9-11-27-12-10-22)13-15(16)21-19(23)28-17-5-3-4-8-20-18(17)24/h6-7,13,17H,2-5,8-12H2,1H3,(H,20,24)/t17-/m1/s1. The number of fused-ring (bicyclic) bond motifs is 1. The minimum atomic E-state index is -3.57. The van der Waals surface area contributed by atoms with E-state index in [-0.39, 0.29) is 16.1 Å². The molecule has 2 saturated heterocycles. The van der Waals surface area contributed by atoms with Crippen molar-refractivity contribution >= 4 is 38.7 Å². The molecule has 1 aromatic heterocycles. The molecule has 1 atom stereocenters. The second-order valence-corrected chi connectivity index (χ2v) is 10.3. The number of thioether (sulfide) groups is 1. The van der Waals surface area contributed by atoms with Crippen LogP contribution in [-0.4, -0.2) is 66.3 Å². The normalized spacial score (nSPS) is 21.8. The fourth-order valence-corrected chi connectivity index (χ4v) is 6.39. The number of ether oxygens (including phenoxy) is 1. The molecule has 1 N–H and O–H groups in total. The molecule has 0 radical (unpaired) electrons. The number of aryl methyl sites for hydroxylation is 1. The molecule has 158 valence electrons. The van der Waals surface area contributed by atoms with Gasteiger partial charge < -0.3 is 14.6 Å². The Kier molecular flexibility index (Phi) is 6.14. The highest BCUT2D eigenvalue weighted by Gasteiger charge is 2.28. The number of hydrogen-bond donors (Lipinski definition) is 1. The van der Waals surface area contributed by atoms with Crippen molar-refractivity contribution in [1.29, 1.82) is 0 Å². The van der Waals surface area contributed by atoms with Crippen molar-refractivity contribution in [1.82, 2.24) is 19.2 Å². The third-order valence-electron chi connectivity index (χ3n) is 5.34. The zero-order chi connectivity index (χ0) is 20.4. The van der Waals surface area contributed by atoms with Crippen LogP contribution in [0.15, 0.2) is 28.3 Å². The average Bonchev–Trinajstić information content (AvgIpc) is 2.96. The molecule has 0 spiro atoms. The fourth-order valence-electron chi connectivity index (χ4n) is 3.73. The first-order valence-corrected chi connectivity index (χ1v) is 12.3. The Morgan fingerprint density at radius 1 is 1.28 bits per heavy atom. The van der Waals surface area contributed by atoms with E-state index < -0.39 is 10.0 Å². The van der Waals surface area contributed by atoms with Crippen LogP contribution in [0, 0.1) is 0 Å². The lowest BCUT2D eigenvalue weighted by Crippen LogP contribution is -2.40. The van der Waals surface area contributed by atoms with Gasteiger partial charge in [0, 0.05) is 26.2 Å². The maximum absolute atomic E-state index is 13.0. The summed E-state index contributed by atoms with van der Waals surface area (Å²) in [7, 11) is -3.57. The molecule has 1 aromatic carbocycles. The van der Waals surface area contributed by atoms with Crippen LogP contribution in [0.25, 0.3) is 11.0 Å². The van der Waals surface area contributed by atoms with Crippen LogP contribution in [0.3, 0.4) is 0 Å². The summed E-state index contributed by atoms with van der Waals surface area (Å²) in [6.45, 7) is 5.00.